The summed E-state index contributed by atoms with van der Waals surface area (Å²) >= 11 is 0. The van der Waals surface area contributed by atoms with E-state index < -0.39 is 11.7 Å². The van der Waals surface area contributed by atoms with Gasteiger partial charge < -0.3 is 20.1 Å². The third-order valence-electron chi connectivity index (χ3n) is 3.22. The fourth-order valence-electron chi connectivity index (χ4n) is 2.36. The van der Waals surface area contributed by atoms with Crippen molar-refractivity contribution < 1.29 is 19.1 Å². The molecule has 2 amide bonds. The van der Waals surface area contributed by atoms with Gasteiger partial charge in [0.05, 0.1) is 0 Å². The Morgan fingerprint density at radius 1 is 1.32 bits per heavy atom. The van der Waals surface area contributed by atoms with E-state index in [0.29, 0.717) is 19.1 Å². The number of nitrogens with one attached hydrogen (secondary N) is 2. The number of hydrogen-bond acceptors (Lipinski definition) is 4. The molecule has 1 fully saturated rings. The number of rotatable bonds is 6. The van der Waals surface area contributed by atoms with Crippen LogP contribution >= 0.6 is 0 Å². The second kappa shape index (κ2) is 8.36. The van der Waals surface area contributed by atoms with Crippen LogP contribution in [0.5, 0.6) is 0 Å². The number of alkyl carbamates (subject to hydrolysis) is 1. The molecule has 0 bridgehead atoms. The molecule has 0 unspecified atom stereocenters. The Kier molecular flexibility index (Phi) is 7.13. The summed E-state index contributed by atoms with van der Waals surface area (Å²) in [5, 5.41) is 5.70. The molecule has 6 nitrogen and oxygen atoms in total. The lowest BCUT2D eigenvalue weighted by atomic mass is 10.0. The van der Waals surface area contributed by atoms with Crippen LogP contribution in [0.25, 0.3) is 0 Å². The second-order valence-corrected chi connectivity index (χ2v) is 7.22. The molecule has 0 saturated carbocycles. The number of ether oxygens (including phenoxy) is 2. The van der Waals surface area contributed by atoms with E-state index >= 15 is 0 Å². The normalized spacial score (nSPS) is 19.8. The van der Waals surface area contributed by atoms with E-state index in [0.717, 1.165) is 19.3 Å². The average molecular weight is 314 g/mol. The van der Waals surface area contributed by atoms with Crippen LogP contribution in [0.15, 0.2) is 0 Å². The van der Waals surface area contributed by atoms with Gasteiger partial charge >= 0.3 is 6.09 Å². The summed E-state index contributed by atoms with van der Waals surface area (Å²) in [6.45, 7) is 10.6. The molecule has 2 atom stereocenters. The van der Waals surface area contributed by atoms with Gasteiger partial charge in [0.25, 0.3) is 0 Å². The average Bonchev–Trinajstić information content (AvgIpc) is 2.86. The Balaban J connectivity index is 2.46. The molecular formula is C16H30N2O4. The van der Waals surface area contributed by atoms with Gasteiger partial charge in [0.15, 0.2) is 0 Å². The van der Waals surface area contributed by atoms with Crippen LogP contribution in [-0.2, 0) is 14.3 Å². The van der Waals surface area contributed by atoms with Gasteiger partial charge in [-0.1, -0.05) is 13.8 Å². The van der Waals surface area contributed by atoms with Gasteiger partial charge in [-0.3, -0.25) is 4.79 Å². The molecule has 0 aromatic rings. The van der Waals surface area contributed by atoms with E-state index in [1.165, 1.54) is 0 Å². The van der Waals surface area contributed by atoms with Crippen molar-refractivity contribution in [2.45, 2.75) is 71.6 Å². The van der Waals surface area contributed by atoms with Crippen LogP contribution in [0.2, 0.25) is 0 Å². The lowest BCUT2D eigenvalue weighted by Gasteiger charge is -2.24. The Labute approximate surface area is 133 Å². The minimum absolute atomic E-state index is 0.0888. The first-order valence-corrected chi connectivity index (χ1v) is 8.06. The standard InChI is InChI=1S/C16H30N2O4/c1-11(2)9-12(10-17-15(20)22-16(3,4)5)18-14(19)13-7-6-8-21-13/h11-13H,6-10H2,1-5H3,(H,17,20)(H,18,19)/t12-,13-/m1/s1. The summed E-state index contributed by atoms with van der Waals surface area (Å²) in [5.41, 5.74) is -0.529. The first-order valence-electron chi connectivity index (χ1n) is 8.06. The van der Waals surface area contributed by atoms with Gasteiger partial charge in [0, 0.05) is 19.2 Å². The zero-order valence-electron chi connectivity index (χ0n) is 14.4. The van der Waals surface area contributed by atoms with E-state index in [1.807, 2.05) is 20.8 Å². The summed E-state index contributed by atoms with van der Waals surface area (Å²) in [6, 6.07) is -0.121. The predicted molar refractivity (Wildman–Crippen MR) is 84.6 cm³/mol. The number of amides is 2. The Morgan fingerprint density at radius 3 is 2.50 bits per heavy atom. The first-order chi connectivity index (χ1) is 10.2. The first kappa shape index (κ1) is 18.7. The molecule has 0 aromatic heterocycles. The highest BCUT2D eigenvalue weighted by atomic mass is 16.6. The van der Waals surface area contributed by atoms with E-state index in [9.17, 15) is 9.59 Å². The molecule has 0 aromatic carbocycles. The van der Waals surface area contributed by atoms with E-state index in [4.69, 9.17) is 9.47 Å². The van der Waals surface area contributed by atoms with Crippen molar-refractivity contribution in [2.75, 3.05) is 13.2 Å². The lowest BCUT2D eigenvalue weighted by Crippen LogP contribution is -2.48. The summed E-state index contributed by atoms with van der Waals surface area (Å²) in [5.74, 6) is 0.323. The minimum Gasteiger partial charge on any atom is -0.444 e. The SMILES string of the molecule is CC(C)C[C@H](CNC(=O)OC(C)(C)C)NC(=O)[C@H]1CCCO1. The van der Waals surface area contributed by atoms with Gasteiger partial charge in [-0.2, -0.15) is 0 Å². The van der Waals surface area contributed by atoms with E-state index in [2.05, 4.69) is 24.5 Å². The van der Waals surface area contributed by atoms with Crippen molar-refractivity contribution in [3.05, 3.63) is 0 Å². The topological polar surface area (TPSA) is 76.7 Å². The number of carbonyl (C=O) groups excluding carboxylic acids is 2. The zero-order valence-corrected chi connectivity index (χ0v) is 14.4. The van der Waals surface area contributed by atoms with Crippen LogP contribution in [-0.4, -0.2) is 42.9 Å². The quantitative estimate of drug-likeness (QED) is 0.788. The fraction of sp³-hybridized carbons (Fsp3) is 0.875. The smallest absolute Gasteiger partial charge is 0.407 e. The third kappa shape index (κ3) is 7.64. The third-order valence-corrected chi connectivity index (χ3v) is 3.22. The molecule has 0 aliphatic carbocycles. The van der Waals surface area contributed by atoms with Gasteiger partial charge in [-0.15, -0.1) is 0 Å². The van der Waals surface area contributed by atoms with Crippen LogP contribution in [0.4, 0.5) is 4.79 Å². The maximum atomic E-state index is 12.1. The molecule has 1 heterocycles. The molecule has 1 aliphatic heterocycles. The summed E-state index contributed by atoms with van der Waals surface area (Å²) in [6.07, 6.45) is 1.65. The Morgan fingerprint density at radius 2 is 2.00 bits per heavy atom. The van der Waals surface area contributed by atoms with Gasteiger partial charge in [-0.25, -0.2) is 4.79 Å². The van der Waals surface area contributed by atoms with E-state index in [1.54, 1.807) is 0 Å². The molecule has 1 aliphatic rings. The summed E-state index contributed by atoms with van der Waals surface area (Å²) in [4.78, 5) is 23.9. The maximum absolute atomic E-state index is 12.1. The zero-order chi connectivity index (χ0) is 16.8. The summed E-state index contributed by atoms with van der Waals surface area (Å²) in [7, 11) is 0. The monoisotopic (exact) mass is 314 g/mol. The molecular weight excluding hydrogens is 284 g/mol. The molecule has 1 rings (SSSR count). The van der Waals surface area contributed by atoms with Gasteiger partial charge in [-0.05, 0) is 46.0 Å². The van der Waals surface area contributed by atoms with Crippen LogP contribution in [0.3, 0.4) is 0 Å². The Hall–Kier alpha value is -1.30. The van der Waals surface area contributed by atoms with Crippen molar-refractivity contribution in [3.63, 3.8) is 0 Å². The molecule has 6 heteroatoms. The highest BCUT2D eigenvalue weighted by molar-refractivity contribution is 5.81. The number of carbonyl (C=O) groups is 2. The molecule has 0 spiro atoms. The van der Waals surface area contributed by atoms with Crippen molar-refractivity contribution in [1.29, 1.82) is 0 Å². The summed E-state index contributed by atoms with van der Waals surface area (Å²) < 4.78 is 10.6. The van der Waals surface area contributed by atoms with Crippen molar-refractivity contribution in [2.24, 2.45) is 5.92 Å². The molecule has 128 valence electrons. The Bertz CT molecular complexity index is 371. The molecule has 2 N–H and O–H groups in total. The lowest BCUT2D eigenvalue weighted by molar-refractivity contribution is -0.130. The van der Waals surface area contributed by atoms with Gasteiger partial charge in [0.2, 0.25) is 5.91 Å². The largest absolute Gasteiger partial charge is 0.444 e. The number of hydrogen-bond donors (Lipinski definition) is 2. The van der Waals surface area contributed by atoms with Crippen LogP contribution < -0.4 is 10.6 Å². The van der Waals surface area contributed by atoms with Crippen molar-refractivity contribution in [1.82, 2.24) is 10.6 Å². The predicted octanol–water partition coefficient (Wildman–Crippen LogP) is 2.22. The van der Waals surface area contributed by atoms with Crippen LogP contribution in [0, 0.1) is 5.92 Å². The molecule has 1 saturated heterocycles. The van der Waals surface area contributed by atoms with Crippen LogP contribution in [0.1, 0.15) is 53.9 Å². The maximum Gasteiger partial charge on any atom is 0.407 e. The highest BCUT2D eigenvalue weighted by Crippen LogP contribution is 2.13. The molecule has 22 heavy (non-hydrogen) atoms. The molecule has 0 radical (unpaired) electrons. The minimum atomic E-state index is -0.529. The second-order valence-electron chi connectivity index (χ2n) is 7.22. The van der Waals surface area contributed by atoms with Crippen molar-refractivity contribution >= 4 is 12.0 Å². The van der Waals surface area contributed by atoms with Crippen molar-refractivity contribution in [3.8, 4) is 0 Å². The fourth-order valence-corrected chi connectivity index (χ4v) is 2.36. The van der Waals surface area contributed by atoms with Gasteiger partial charge in [0.1, 0.15) is 11.7 Å². The highest BCUT2D eigenvalue weighted by Gasteiger charge is 2.26. The van der Waals surface area contributed by atoms with E-state index in [-0.39, 0.29) is 18.1 Å².